The molecule has 0 saturated heterocycles. The lowest BCUT2D eigenvalue weighted by atomic mass is 10.0. The molecule has 0 saturated carbocycles. The van der Waals surface area contributed by atoms with Crippen molar-refractivity contribution in [1.82, 2.24) is 0 Å². The highest BCUT2D eigenvalue weighted by Crippen LogP contribution is 2.25. The van der Waals surface area contributed by atoms with E-state index >= 15 is 0 Å². The van der Waals surface area contributed by atoms with Gasteiger partial charge in [0.05, 0.1) is 0 Å². The number of rotatable bonds is 5. The second-order valence-electron chi connectivity index (χ2n) is 9.12. The molecule has 182 valence electrons. The normalized spacial score (nSPS) is 10.8. The Morgan fingerprint density at radius 2 is 0.763 bits per heavy atom. The molecular formula is C34H24N2O2. The molecule has 2 N–H and O–H groups in total. The van der Waals surface area contributed by atoms with Gasteiger partial charge in [0.2, 0.25) is 0 Å². The highest BCUT2D eigenvalue weighted by atomic mass is 16.2. The zero-order valence-electron chi connectivity index (χ0n) is 20.5. The molecule has 0 bridgehead atoms. The van der Waals surface area contributed by atoms with Crippen LogP contribution in [0.3, 0.4) is 0 Å². The van der Waals surface area contributed by atoms with Gasteiger partial charge in [0.25, 0.3) is 11.8 Å². The van der Waals surface area contributed by atoms with E-state index in [1.807, 2.05) is 133 Å². The first-order chi connectivity index (χ1) is 18.7. The standard InChI is InChI=1S/C34H24N2O2/c37-33(31-13-5-9-25-7-1-3-11-29(25)31)35-27-19-15-23(16-20-27)24-17-21-28(22-18-24)36-34(38)32-14-6-10-26-8-2-4-12-30(26)32/h1-22H,(H,35,37)(H,36,38). The monoisotopic (exact) mass is 492 g/mol. The third-order valence-corrected chi connectivity index (χ3v) is 6.69. The van der Waals surface area contributed by atoms with Crippen LogP contribution in [0.15, 0.2) is 133 Å². The number of hydrogen-bond acceptors (Lipinski definition) is 2. The largest absolute Gasteiger partial charge is 0.322 e. The van der Waals surface area contributed by atoms with Crippen molar-refractivity contribution >= 4 is 44.7 Å². The van der Waals surface area contributed by atoms with Crippen molar-refractivity contribution in [2.45, 2.75) is 0 Å². The van der Waals surface area contributed by atoms with Gasteiger partial charge in [0.15, 0.2) is 0 Å². The summed E-state index contributed by atoms with van der Waals surface area (Å²) in [5.41, 5.74) is 4.78. The minimum atomic E-state index is -0.138. The molecular weight excluding hydrogens is 468 g/mol. The molecule has 2 amide bonds. The summed E-state index contributed by atoms with van der Waals surface area (Å²) in [5.74, 6) is -0.276. The summed E-state index contributed by atoms with van der Waals surface area (Å²) in [6, 6.07) is 42.7. The van der Waals surface area contributed by atoms with Crippen LogP contribution in [0.5, 0.6) is 0 Å². The van der Waals surface area contributed by atoms with E-state index in [0.29, 0.717) is 11.1 Å². The molecule has 38 heavy (non-hydrogen) atoms. The van der Waals surface area contributed by atoms with Gasteiger partial charge in [-0.3, -0.25) is 9.59 Å². The van der Waals surface area contributed by atoms with Crippen LogP contribution in [0.2, 0.25) is 0 Å². The summed E-state index contributed by atoms with van der Waals surface area (Å²) in [6.07, 6.45) is 0. The Kier molecular flexibility index (Phi) is 6.12. The number of carbonyl (C=O) groups is 2. The fraction of sp³-hybridized carbons (Fsp3) is 0. The summed E-state index contributed by atoms with van der Waals surface area (Å²) in [7, 11) is 0. The summed E-state index contributed by atoms with van der Waals surface area (Å²) in [5, 5.41) is 9.93. The molecule has 0 fully saturated rings. The second kappa shape index (κ2) is 10.0. The van der Waals surface area contributed by atoms with Gasteiger partial charge in [-0.15, -0.1) is 0 Å². The Bertz CT molecular complexity index is 1640. The topological polar surface area (TPSA) is 58.2 Å². The highest BCUT2D eigenvalue weighted by Gasteiger charge is 2.12. The van der Waals surface area contributed by atoms with E-state index in [-0.39, 0.29) is 11.8 Å². The first-order valence-electron chi connectivity index (χ1n) is 12.4. The number of amides is 2. The van der Waals surface area contributed by atoms with Crippen molar-refractivity contribution in [3.8, 4) is 11.1 Å². The van der Waals surface area contributed by atoms with Crippen molar-refractivity contribution in [1.29, 1.82) is 0 Å². The molecule has 4 heteroatoms. The minimum absolute atomic E-state index is 0.138. The summed E-state index contributed by atoms with van der Waals surface area (Å²) < 4.78 is 0. The first-order valence-corrected chi connectivity index (χ1v) is 12.4. The zero-order chi connectivity index (χ0) is 25.9. The minimum Gasteiger partial charge on any atom is -0.322 e. The van der Waals surface area contributed by atoms with Crippen LogP contribution in [-0.2, 0) is 0 Å². The van der Waals surface area contributed by atoms with Crippen LogP contribution in [0, 0.1) is 0 Å². The summed E-state index contributed by atoms with van der Waals surface area (Å²) in [4.78, 5) is 25.9. The van der Waals surface area contributed by atoms with E-state index in [9.17, 15) is 9.59 Å². The second-order valence-corrected chi connectivity index (χ2v) is 9.12. The fourth-order valence-corrected chi connectivity index (χ4v) is 4.74. The molecule has 0 aliphatic carbocycles. The lowest BCUT2D eigenvalue weighted by Crippen LogP contribution is -2.12. The van der Waals surface area contributed by atoms with E-state index in [1.165, 1.54) is 0 Å². The van der Waals surface area contributed by atoms with Gasteiger partial charge < -0.3 is 10.6 Å². The summed E-state index contributed by atoms with van der Waals surface area (Å²) in [6.45, 7) is 0. The first kappa shape index (κ1) is 23.2. The van der Waals surface area contributed by atoms with Gasteiger partial charge in [0.1, 0.15) is 0 Å². The van der Waals surface area contributed by atoms with Crippen LogP contribution < -0.4 is 10.6 Å². The molecule has 6 aromatic carbocycles. The SMILES string of the molecule is O=C(Nc1ccc(-c2ccc(NC(=O)c3cccc4ccccc34)cc2)cc1)c1cccc2ccccc12. The maximum atomic E-state index is 12.9. The molecule has 0 radical (unpaired) electrons. The maximum absolute atomic E-state index is 12.9. The lowest BCUT2D eigenvalue weighted by molar-refractivity contribution is 0.102. The van der Waals surface area contributed by atoms with Gasteiger partial charge in [0, 0.05) is 22.5 Å². The van der Waals surface area contributed by atoms with Crippen LogP contribution in [0.4, 0.5) is 11.4 Å². The Morgan fingerprint density at radius 1 is 0.395 bits per heavy atom. The van der Waals surface area contributed by atoms with E-state index in [1.54, 1.807) is 0 Å². The Morgan fingerprint density at radius 3 is 1.18 bits per heavy atom. The van der Waals surface area contributed by atoms with Crippen molar-refractivity contribution in [2.24, 2.45) is 0 Å². The number of anilines is 2. The molecule has 0 heterocycles. The zero-order valence-corrected chi connectivity index (χ0v) is 20.5. The van der Waals surface area contributed by atoms with Crippen LogP contribution >= 0.6 is 0 Å². The van der Waals surface area contributed by atoms with Crippen molar-refractivity contribution in [2.75, 3.05) is 10.6 Å². The van der Waals surface area contributed by atoms with Gasteiger partial charge in [-0.2, -0.15) is 0 Å². The number of carbonyl (C=O) groups excluding carboxylic acids is 2. The van der Waals surface area contributed by atoms with E-state index in [4.69, 9.17) is 0 Å². The Balaban J connectivity index is 1.14. The molecule has 6 rings (SSSR count). The van der Waals surface area contributed by atoms with E-state index in [2.05, 4.69) is 10.6 Å². The van der Waals surface area contributed by atoms with Gasteiger partial charge in [-0.1, -0.05) is 97.1 Å². The number of benzene rings is 6. The van der Waals surface area contributed by atoms with Crippen molar-refractivity contribution < 1.29 is 9.59 Å². The number of fused-ring (bicyclic) bond motifs is 2. The van der Waals surface area contributed by atoms with Crippen molar-refractivity contribution in [3.05, 3.63) is 145 Å². The molecule has 0 aliphatic heterocycles. The Hall–Kier alpha value is -5.22. The third-order valence-electron chi connectivity index (χ3n) is 6.69. The Labute approximate surface area is 220 Å². The average molecular weight is 493 g/mol. The van der Waals surface area contributed by atoms with Crippen LogP contribution in [-0.4, -0.2) is 11.8 Å². The summed E-state index contributed by atoms with van der Waals surface area (Å²) >= 11 is 0. The van der Waals surface area contributed by atoms with Crippen LogP contribution in [0.1, 0.15) is 20.7 Å². The predicted molar refractivity (Wildman–Crippen MR) is 156 cm³/mol. The van der Waals surface area contributed by atoms with E-state index in [0.717, 1.165) is 44.0 Å². The molecule has 0 spiro atoms. The maximum Gasteiger partial charge on any atom is 0.256 e. The highest BCUT2D eigenvalue weighted by molar-refractivity contribution is 6.13. The quantitative estimate of drug-likeness (QED) is 0.255. The lowest BCUT2D eigenvalue weighted by Gasteiger charge is -2.10. The van der Waals surface area contributed by atoms with E-state index < -0.39 is 0 Å². The number of nitrogens with one attached hydrogen (secondary N) is 2. The molecule has 6 aromatic rings. The molecule has 0 aliphatic rings. The smallest absolute Gasteiger partial charge is 0.256 e. The van der Waals surface area contributed by atoms with Gasteiger partial charge >= 0.3 is 0 Å². The molecule has 0 unspecified atom stereocenters. The van der Waals surface area contributed by atoms with Crippen molar-refractivity contribution in [3.63, 3.8) is 0 Å². The molecule has 0 aromatic heterocycles. The average Bonchev–Trinajstić information content (AvgIpc) is 2.97. The third kappa shape index (κ3) is 4.63. The molecule has 0 atom stereocenters. The fourth-order valence-electron chi connectivity index (χ4n) is 4.74. The number of hydrogen-bond donors (Lipinski definition) is 2. The predicted octanol–water partition coefficient (Wildman–Crippen LogP) is 8.16. The van der Waals surface area contributed by atoms with Gasteiger partial charge in [-0.25, -0.2) is 0 Å². The van der Waals surface area contributed by atoms with Gasteiger partial charge in [-0.05, 0) is 69.1 Å². The molecule has 4 nitrogen and oxygen atoms in total. The van der Waals surface area contributed by atoms with Crippen LogP contribution in [0.25, 0.3) is 32.7 Å².